The normalized spacial score (nSPS) is 23.1. The molecular formula is C21H32ClN3O2. The largest absolute Gasteiger partial charge is 0.352 e. The summed E-state index contributed by atoms with van der Waals surface area (Å²) < 4.78 is 0. The summed E-state index contributed by atoms with van der Waals surface area (Å²) in [4.78, 5) is 24.7. The molecule has 6 heteroatoms. The lowest BCUT2D eigenvalue weighted by atomic mass is 9.85. The average molecular weight is 394 g/mol. The van der Waals surface area contributed by atoms with Gasteiger partial charge in [0.1, 0.15) is 0 Å². The minimum atomic E-state index is 0. The van der Waals surface area contributed by atoms with E-state index in [1.54, 1.807) is 0 Å². The molecule has 2 unspecified atom stereocenters. The third-order valence-corrected chi connectivity index (χ3v) is 5.72. The molecule has 0 aliphatic heterocycles. The van der Waals surface area contributed by atoms with Crippen molar-refractivity contribution in [2.75, 3.05) is 5.32 Å². The van der Waals surface area contributed by atoms with Gasteiger partial charge in [0, 0.05) is 30.1 Å². The van der Waals surface area contributed by atoms with Gasteiger partial charge < -0.3 is 16.4 Å². The summed E-state index contributed by atoms with van der Waals surface area (Å²) in [6.45, 7) is 0.484. The molecule has 4 N–H and O–H groups in total. The number of hydrogen-bond donors (Lipinski definition) is 3. The maximum atomic E-state index is 12.4. The van der Waals surface area contributed by atoms with E-state index in [-0.39, 0.29) is 42.1 Å². The van der Waals surface area contributed by atoms with Gasteiger partial charge in [-0.2, -0.15) is 0 Å². The molecule has 2 amide bonds. The van der Waals surface area contributed by atoms with Gasteiger partial charge in [0.2, 0.25) is 11.8 Å². The van der Waals surface area contributed by atoms with Crippen LogP contribution >= 0.6 is 12.4 Å². The Bertz CT molecular complexity index is 632. The molecule has 3 rings (SSSR count). The van der Waals surface area contributed by atoms with Crippen LogP contribution in [0.15, 0.2) is 24.3 Å². The monoisotopic (exact) mass is 393 g/mol. The van der Waals surface area contributed by atoms with Crippen LogP contribution < -0.4 is 16.4 Å². The molecule has 150 valence electrons. The molecule has 1 aromatic rings. The van der Waals surface area contributed by atoms with E-state index in [0.29, 0.717) is 6.54 Å². The van der Waals surface area contributed by atoms with Crippen molar-refractivity contribution in [1.29, 1.82) is 0 Å². The van der Waals surface area contributed by atoms with Crippen LogP contribution in [0.4, 0.5) is 5.69 Å². The van der Waals surface area contributed by atoms with Gasteiger partial charge in [-0.05, 0) is 49.8 Å². The van der Waals surface area contributed by atoms with Crippen molar-refractivity contribution in [3.8, 4) is 0 Å². The summed E-state index contributed by atoms with van der Waals surface area (Å²) in [6.07, 6.45) is 9.28. The van der Waals surface area contributed by atoms with E-state index in [2.05, 4.69) is 10.6 Å². The SMILES string of the molecule is Cl.NC1CCCC(C(=O)NCc2cccc(NC(=O)C3CCCCC3)c2)C1. The number of benzene rings is 1. The third-order valence-electron chi connectivity index (χ3n) is 5.72. The highest BCUT2D eigenvalue weighted by molar-refractivity contribution is 5.92. The highest BCUT2D eigenvalue weighted by Gasteiger charge is 2.25. The van der Waals surface area contributed by atoms with E-state index in [4.69, 9.17) is 5.73 Å². The Morgan fingerprint density at radius 3 is 2.44 bits per heavy atom. The lowest BCUT2D eigenvalue weighted by Crippen LogP contribution is -2.37. The van der Waals surface area contributed by atoms with Gasteiger partial charge >= 0.3 is 0 Å². The van der Waals surface area contributed by atoms with Gasteiger partial charge in [-0.1, -0.05) is 37.8 Å². The van der Waals surface area contributed by atoms with Crippen LogP contribution in [-0.4, -0.2) is 17.9 Å². The molecule has 0 radical (unpaired) electrons. The van der Waals surface area contributed by atoms with Crippen molar-refractivity contribution in [3.05, 3.63) is 29.8 Å². The molecule has 0 saturated heterocycles. The van der Waals surface area contributed by atoms with Gasteiger partial charge in [0.15, 0.2) is 0 Å². The summed E-state index contributed by atoms with van der Waals surface area (Å²) in [7, 11) is 0. The second kappa shape index (κ2) is 10.7. The molecule has 2 saturated carbocycles. The Kier molecular flexibility index (Phi) is 8.58. The van der Waals surface area contributed by atoms with E-state index < -0.39 is 0 Å². The van der Waals surface area contributed by atoms with Crippen LogP contribution in [0.5, 0.6) is 0 Å². The lowest BCUT2D eigenvalue weighted by Gasteiger charge is -2.25. The van der Waals surface area contributed by atoms with Gasteiger partial charge in [-0.15, -0.1) is 12.4 Å². The van der Waals surface area contributed by atoms with Crippen LogP contribution in [-0.2, 0) is 16.1 Å². The van der Waals surface area contributed by atoms with Crippen LogP contribution in [0.2, 0.25) is 0 Å². The van der Waals surface area contributed by atoms with Crippen molar-refractivity contribution < 1.29 is 9.59 Å². The first-order valence-corrected chi connectivity index (χ1v) is 10.0. The lowest BCUT2D eigenvalue weighted by molar-refractivity contribution is -0.126. The Balaban J connectivity index is 0.00000261. The fraction of sp³-hybridized carbons (Fsp3) is 0.619. The number of halogens is 1. The summed E-state index contributed by atoms with van der Waals surface area (Å²) in [5.41, 5.74) is 7.79. The number of anilines is 1. The number of nitrogens with one attached hydrogen (secondary N) is 2. The van der Waals surface area contributed by atoms with Crippen molar-refractivity contribution in [1.82, 2.24) is 5.32 Å². The number of carbonyl (C=O) groups excluding carboxylic acids is 2. The number of hydrogen-bond acceptors (Lipinski definition) is 3. The maximum absolute atomic E-state index is 12.4. The number of rotatable bonds is 5. The van der Waals surface area contributed by atoms with Crippen molar-refractivity contribution >= 4 is 29.9 Å². The van der Waals surface area contributed by atoms with Crippen molar-refractivity contribution in [3.63, 3.8) is 0 Å². The second-order valence-corrected chi connectivity index (χ2v) is 7.87. The van der Waals surface area contributed by atoms with Gasteiger partial charge in [-0.3, -0.25) is 9.59 Å². The molecule has 27 heavy (non-hydrogen) atoms. The first kappa shape index (κ1) is 21.7. The third kappa shape index (κ3) is 6.51. The quantitative estimate of drug-likeness (QED) is 0.712. The Hall–Kier alpha value is -1.59. The first-order chi connectivity index (χ1) is 12.6. The highest BCUT2D eigenvalue weighted by atomic mass is 35.5. The van der Waals surface area contributed by atoms with E-state index in [0.717, 1.165) is 62.6 Å². The minimum absolute atomic E-state index is 0. The smallest absolute Gasteiger partial charge is 0.227 e. The highest BCUT2D eigenvalue weighted by Crippen LogP contribution is 2.25. The molecule has 0 heterocycles. The molecule has 2 aliphatic carbocycles. The Morgan fingerprint density at radius 1 is 0.963 bits per heavy atom. The topological polar surface area (TPSA) is 84.2 Å². The zero-order valence-electron chi connectivity index (χ0n) is 15.9. The molecule has 0 bridgehead atoms. The first-order valence-electron chi connectivity index (χ1n) is 10.0. The van der Waals surface area contributed by atoms with Crippen LogP contribution in [0.3, 0.4) is 0 Å². The standard InChI is InChI=1S/C21H31N3O2.ClH/c22-18-10-5-9-17(13-18)20(25)23-14-15-6-4-11-19(12-15)24-21(26)16-7-2-1-3-8-16;/h4,6,11-12,16-18H,1-3,5,7-10,13-14,22H2,(H,23,25)(H,24,26);1H. The fourth-order valence-electron chi connectivity index (χ4n) is 4.17. The molecule has 0 spiro atoms. The van der Waals surface area contributed by atoms with E-state index in [1.807, 2.05) is 24.3 Å². The molecule has 5 nitrogen and oxygen atoms in total. The minimum Gasteiger partial charge on any atom is -0.352 e. The van der Waals surface area contributed by atoms with Crippen molar-refractivity contribution in [2.45, 2.75) is 70.4 Å². The van der Waals surface area contributed by atoms with Crippen LogP contribution in [0.1, 0.15) is 63.4 Å². The van der Waals surface area contributed by atoms with E-state index in [9.17, 15) is 9.59 Å². The molecule has 1 aromatic carbocycles. The zero-order chi connectivity index (χ0) is 18.4. The van der Waals surface area contributed by atoms with Crippen molar-refractivity contribution in [2.24, 2.45) is 17.6 Å². The van der Waals surface area contributed by atoms with Gasteiger partial charge in [0.05, 0.1) is 0 Å². The molecule has 2 aliphatic rings. The summed E-state index contributed by atoms with van der Waals surface area (Å²) in [5.74, 6) is 0.398. The predicted octanol–water partition coefficient (Wildman–Crippen LogP) is 3.76. The summed E-state index contributed by atoms with van der Waals surface area (Å²) in [5, 5.41) is 6.07. The number of amides is 2. The Morgan fingerprint density at radius 2 is 1.70 bits per heavy atom. The number of carbonyl (C=O) groups is 2. The van der Waals surface area contributed by atoms with Gasteiger partial charge in [0.25, 0.3) is 0 Å². The zero-order valence-corrected chi connectivity index (χ0v) is 16.7. The second-order valence-electron chi connectivity index (χ2n) is 7.87. The summed E-state index contributed by atoms with van der Waals surface area (Å²) >= 11 is 0. The molecular weight excluding hydrogens is 362 g/mol. The van der Waals surface area contributed by atoms with Gasteiger partial charge in [-0.25, -0.2) is 0 Å². The predicted molar refractivity (Wildman–Crippen MR) is 111 cm³/mol. The average Bonchev–Trinajstić information content (AvgIpc) is 2.67. The summed E-state index contributed by atoms with van der Waals surface area (Å²) in [6, 6.07) is 7.91. The molecule has 2 fully saturated rings. The Labute approximate surface area is 168 Å². The van der Waals surface area contributed by atoms with E-state index in [1.165, 1.54) is 6.42 Å². The maximum Gasteiger partial charge on any atom is 0.227 e. The number of nitrogens with two attached hydrogens (primary N) is 1. The fourth-order valence-corrected chi connectivity index (χ4v) is 4.17. The van der Waals surface area contributed by atoms with Crippen LogP contribution in [0.25, 0.3) is 0 Å². The van der Waals surface area contributed by atoms with Crippen LogP contribution in [0, 0.1) is 11.8 Å². The van der Waals surface area contributed by atoms with E-state index >= 15 is 0 Å². The molecule has 2 atom stereocenters. The molecule has 0 aromatic heterocycles.